The fourth-order valence-electron chi connectivity index (χ4n) is 4.50. The molecule has 0 bridgehead atoms. The van der Waals surface area contributed by atoms with Crippen LogP contribution in [0.4, 0.5) is 21.3 Å². The van der Waals surface area contributed by atoms with Crippen LogP contribution in [-0.4, -0.2) is 71.7 Å². The number of carbonyl (C=O) groups excluding carboxylic acids is 2. The molecule has 0 unspecified atom stereocenters. The number of Topliss-reactive ketones (excluding diaryl/α,β-unsaturated/α-hetero) is 1. The zero-order chi connectivity index (χ0) is 26.0. The highest BCUT2D eigenvalue weighted by Gasteiger charge is 2.29. The highest BCUT2D eigenvalue weighted by atomic mass is 32.2. The van der Waals surface area contributed by atoms with E-state index in [4.69, 9.17) is 4.74 Å². The summed E-state index contributed by atoms with van der Waals surface area (Å²) in [6.07, 6.45) is 4.84. The zero-order valence-corrected chi connectivity index (χ0v) is 21.7. The van der Waals surface area contributed by atoms with E-state index in [-0.39, 0.29) is 26.2 Å². The largest absolute Gasteiger partial charge is 0.378 e. The molecule has 5 rings (SSSR count). The van der Waals surface area contributed by atoms with E-state index in [0.29, 0.717) is 24.5 Å². The number of ketones is 1. The van der Waals surface area contributed by atoms with E-state index in [0.717, 1.165) is 66.7 Å². The monoisotopic (exact) mass is 546 g/mol. The number of tetrazole rings is 1. The van der Waals surface area contributed by atoms with E-state index in [9.17, 15) is 18.0 Å². The number of amides is 2. The van der Waals surface area contributed by atoms with Gasteiger partial charge < -0.3 is 15.0 Å². The van der Waals surface area contributed by atoms with Crippen molar-refractivity contribution in [3.8, 4) is 0 Å². The number of anilines is 3. The summed E-state index contributed by atoms with van der Waals surface area (Å²) < 4.78 is 31.8. The van der Waals surface area contributed by atoms with Crippen molar-refractivity contribution in [1.29, 1.82) is 0 Å². The Kier molecular flexibility index (Phi) is 7.17. The molecule has 2 aliphatic rings. The second kappa shape index (κ2) is 10.5. The number of aryl methyl sites for hydroxylation is 1. The summed E-state index contributed by atoms with van der Waals surface area (Å²) in [7, 11) is -2.58. The minimum absolute atomic E-state index is 0.0165. The fourth-order valence-corrected chi connectivity index (χ4v) is 6.85. The maximum absolute atomic E-state index is 13.4. The molecule has 2 aromatic heterocycles. The summed E-state index contributed by atoms with van der Waals surface area (Å²) in [5, 5.41) is 15.5. The number of thiazole rings is 1. The number of rotatable bonds is 7. The van der Waals surface area contributed by atoms with Gasteiger partial charge >= 0.3 is 6.03 Å². The number of aromatic nitrogens is 5. The molecule has 1 aromatic carbocycles. The van der Waals surface area contributed by atoms with Crippen LogP contribution in [0, 0.1) is 5.92 Å². The van der Waals surface area contributed by atoms with Gasteiger partial charge in [-0.05, 0) is 41.5 Å². The van der Waals surface area contributed by atoms with Crippen LogP contribution >= 0.6 is 11.3 Å². The van der Waals surface area contributed by atoms with Crippen molar-refractivity contribution < 1.29 is 22.7 Å². The minimum Gasteiger partial charge on any atom is -0.378 e. The van der Waals surface area contributed by atoms with E-state index in [1.807, 2.05) is 12.1 Å². The molecule has 0 spiro atoms. The normalized spacial score (nSPS) is 16.6. The summed E-state index contributed by atoms with van der Waals surface area (Å²) >= 11 is 0.772. The summed E-state index contributed by atoms with van der Waals surface area (Å²) in [5.41, 5.74) is 1.76. The Morgan fingerprint density at radius 2 is 1.89 bits per heavy atom. The number of carbonyl (C=O) groups is 2. The number of nitrogens with one attached hydrogen (secondary N) is 2. The van der Waals surface area contributed by atoms with Gasteiger partial charge in [0.05, 0.1) is 25.1 Å². The van der Waals surface area contributed by atoms with Crippen LogP contribution in [0.1, 0.15) is 36.0 Å². The number of urea groups is 1. The topological polar surface area (TPSA) is 161 Å². The maximum atomic E-state index is 13.4. The van der Waals surface area contributed by atoms with Gasteiger partial charge in [0.25, 0.3) is 15.0 Å². The molecule has 3 heterocycles. The molecule has 2 N–H and O–H groups in total. The second-order valence-corrected chi connectivity index (χ2v) is 11.9. The molecule has 1 aliphatic carbocycles. The zero-order valence-electron chi connectivity index (χ0n) is 20.1. The number of hydrogen-bond donors (Lipinski definition) is 2. The van der Waals surface area contributed by atoms with Gasteiger partial charge in [-0.25, -0.2) is 22.9 Å². The lowest BCUT2D eigenvalue weighted by molar-refractivity contribution is 0.0923. The second-order valence-electron chi connectivity index (χ2n) is 8.83. The van der Waals surface area contributed by atoms with Crippen molar-refractivity contribution in [2.24, 2.45) is 13.0 Å². The molecule has 0 atom stereocenters. The number of nitrogens with zero attached hydrogens (tertiary/aromatic N) is 6. The first kappa shape index (κ1) is 25.2. The summed E-state index contributed by atoms with van der Waals surface area (Å²) in [5.74, 6) is -0.0480. The number of hydrogen-bond acceptors (Lipinski definition) is 11. The number of sulfone groups is 1. The Bertz CT molecular complexity index is 1410. The van der Waals surface area contributed by atoms with Gasteiger partial charge in [0, 0.05) is 37.3 Å². The number of morpholine rings is 1. The molecular formula is C22H26N8O5S2. The van der Waals surface area contributed by atoms with Gasteiger partial charge in [0.2, 0.25) is 0 Å². The van der Waals surface area contributed by atoms with Crippen LogP contribution in [-0.2, 0) is 21.6 Å². The standard InChI is InChI=1S/C22H26N8O5S2/c1-29-22(26-27-28-29)37(33,34)18-13-23-21(36-18)25-20(32)24-17-7-6-15(30-8-10-35-11-9-30)12-16(17)19(31)14-4-2-3-5-14/h6-7,12-14H,2-5,8-11H2,1H3,(H2,23,24,25,32). The smallest absolute Gasteiger partial charge is 0.325 e. The van der Waals surface area contributed by atoms with Crippen molar-refractivity contribution in [1.82, 2.24) is 25.2 Å². The lowest BCUT2D eigenvalue weighted by Gasteiger charge is -2.29. The Balaban J connectivity index is 1.34. The number of benzene rings is 1. The van der Waals surface area contributed by atoms with E-state index in [1.165, 1.54) is 7.05 Å². The first-order valence-electron chi connectivity index (χ1n) is 11.8. The molecule has 2 fully saturated rings. The van der Waals surface area contributed by atoms with Crippen LogP contribution in [0.5, 0.6) is 0 Å². The summed E-state index contributed by atoms with van der Waals surface area (Å²) in [4.78, 5) is 32.4. The van der Waals surface area contributed by atoms with Gasteiger partial charge in [-0.1, -0.05) is 29.3 Å². The van der Waals surface area contributed by atoms with Crippen molar-refractivity contribution in [3.63, 3.8) is 0 Å². The minimum atomic E-state index is -3.99. The van der Waals surface area contributed by atoms with Crippen molar-refractivity contribution in [2.45, 2.75) is 35.0 Å². The van der Waals surface area contributed by atoms with Gasteiger partial charge in [0.15, 0.2) is 10.9 Å². The third-order valence-corrected chi connectivity index (χ3v) is 9.49. The number of ether oxygens (including phenoxy) is 1. The molecule has 15 heteroatoms. The Labute approximate surface area is 217 Å². The summed E-state index contributed by atoms with van der Waals surface area (Å²) in [6, 6.07) is 4.80. The highest BCUT2D eigenvalue weighted by Crippen LogP contribution is 2.33. The van der Waals surface area contributed by atoms with Crippen LogP contribution in [0.15, 0.2) is 33.8 Å². The predicted octanol–water partition coefficient (Wildman–Crippen LogP) is 2.35. The first-order chi connectivity index (χ1) is 17.8. The average molecular weight is 547 g/mol. The van der Waals surface area contributed by atoms with Crippen molar-refractivity contribution in [2.75, 3.05) is 41.8 Å². The molecule has 2 amide bonds. The van der Waals surface area contributed by atoms with Crippen molar-refractivity contribution >= 4 is 49.5 Å². The van der Waals surface area contributed by atoms with Gasteiger partial charge in [-0.15, -0.1) is 0 Å². The Morgan fingerprint density at radius 1 is 1.14 bits per heavy atom. The molecule has 1 aliphatic heterocycles. The molecule has 1 saturated carbocycles. The van der Waals surface area contributed by atoms with Crippen LogP contribution in [0.3, 0.4) is 0 Å². The predicted molar refractivity (Wildman–Crippen MR) is 135 cm³/mol. The maximum Gasteiger partial charge on any atom is 0.325 e. The molecule has 3 aromatic rings. The van der Waals surface area contributed by atoms with Crippen LogP contribution in [0.2, 0.25) is 0 Å². The average Bonchev–Trinajstić information content (AvgIpc) is 3.67. The molecule has 13 nitrogen and oxygen atoms in total. The Hall–Kier alpha value is -3.43. The van der Waals surface area contributed by atoms with E-state index < -0.39 is 15.9 Å². The van der Waals surface area contributed by atoms with E-state index >= 15 is 0 Å². The summed E-state index contributed by atoms with van der Waals surface area (Å²) in [6.45, 7) is 2.69. The Morgan fingerprint density at radius 3 is 2.59 bits per heavy atom. The lowest BCUT2D eigenvalue weighted by atomic mass is 9.94. The van der Waals surface area contributed by atoms with Gasteiger partial charge in [0.1, 0.15) is 4.21 Å². The molecular weight excluding hydrogens is 520 g/mol. The first-order valence-corrected chi connectivity index (χ1v) is 14.1. The highest BCUT2D eigenvalue weighted by molar-refractivity contribution is 7.93. The van der Waals surface area contributed by atoms with Gasteiger partial charge in [-0.2, -0.15) is 0 Å². The van der Waals surface area contributed by atoms with E-state index in [2.05, 4.69) is 36.0 Å². The quantitative estimate of drug-likeness (QED) is 0.421. The third-order valence-electron chi connectivity index (χ3n) is 6.41. The van der Waals surface area contributed by atoms with E-state index in [1.54, 1.807) is 6.07 Å². The molecule has 0 radical (unpaired) electrons. The van der Waals surface area contributed by atoms with Crippen LogP contribution in [0.25, 0.3) is 0 Å². The molecule has 1 saturated heterocycles. The lowest BCUT2D eigenvalue weighted by Crippen LogP contribution is -2.36. The molecule has 196 valence electrons. The molecule has 37 heavy (non-hydrogen) atoms. The van der Waals surface area contributed by atoms with Crippen LogP contribution < -0.4 is 15.5 Å². The third kappa shape index (κ3) is 5.33. The van der Waals surface area contributed by atoms with Gasteiger partial charge in [-0.3, -0.25) is 10.1 Å². The van der Waals surface area contributed by atoms with Crippen molar-refractivity contribution in [3.05, 3.63) is 30.0 Å². The fraction of sp³-hybridized carbons (Fsp3) is 0.455. The SMILES string of the molecule is Cn1nnnc1S(=O)(=O)c1cnc(NC(=O)Nc2ccc(N3CCOCC3)cc2C(=O)C2CCCC2)s1.